The predicted molar refractivity (Wildman–Crippen MR) is 85.8 cm³/mol. The van der Waals surface area contributed by atoms with Crippen LogP contribution in [0.3, 0.4) is 0 Å². The van der Waals surface area contributed by atoms with Crippen LogP contribution in [-0.4, -0.2) is 17.0 Å². The first-order chi connectivity index (χ1) is 10.0. The number of anilines is 1. The second kappa shape index (κ2) is 6.41. The highest BCUT2D eigenvalue weighted by molar-refractivity contribution is 9.10. The maximum absolute atomic E-state index is 12.2. The lowest BCUT2D eigenvalue weighted by molar-refractivity contribution is 0.102. The van der Waals surface area contributed by atoms with Gasteiger partial charge in [-0.25, -0.2) is 0 Å². The Bertz CT molecular complexity index is 697. The van der Waals surface area contributed by atoms with E-state index < -0.39 is 0 Å². The molecule has 0 fully saturated rings. The van der Waals surface area contributed by atoms with Gasteiger partial charge < -0.3 is 16.3 Å². The van der Waals surface area contributed by atoms with Crippen molar-refractivity contribution in [1.82, 2.24) is 0 Å². The van der Waals surface area contributed by atoms with Gasteiger partial charge in [-0.05, 0) is 42.8 Å². The van der Waals surface area contributed by atoms with Crippen LogP contribution < -0.4 is 11.1 Å². The molecule has 21 heavy (non-hydrogen) atoms. The number of rotatable bonds is 3. The molecular formula is C15H14BrN3O2. The average molecular weight is 348 g/mol. The predicted octanol–water partition coefficient (Wildman–Crippen LogP) is 3.10. The van der Waals surface area contributed by atoms with Gasteiger partial charge in [0.2, 0.25) is 0 Å². The molecule has 2 aromatic rings. The third-order valence-corrected chi connectivity index (χ3v) is 3.48. The zero-order valence-corrected chi connectivity index (χ0v) is 12.9. The second-order valence-electron chi connectivity index (χ2n) is 4.48. The summed E-state index contributed by atoms with van der Waals surface area (Å²) >= 11 is 3.38. The number of nitrogens with two attached hydrogens (primary N) is 1. The van der Waals surface area contributed by atoms with E-state index in [4.69, 9.17) is 10.9 Å². The van der Waals surface area contributed by atoms with Crippen LogP contribution in [0.25, 0.3) is 0 Å². The lowest BCUT2D eigenvalue weighted by atomic mass is 10.1. The number of carbonyl (C=O) groups is 1. The molecule has 0 unspecified atom stereocenters. The van der Waals surface area contributed by atoms with Crippen molar-refractivity contribution in [3.63, 3.8) is 0 Å². The molecule has 0 aromatic heterocycles. The highest BCUT2D eigenvalue weighted by Crippen LogP contribution is 2.20. The highest BCUT2D eigenvalue weighted by atomic mass is 79.9. The van der Waals surface area contributed by atoms with E-state index >= 15 is 0 Å². The Kier molecular flexibility index (Phi) is 4.59. The van der Waals surface area contributed by atoms with E-state index in [1.165, 1.54) is 0 Å². The fraction of sp³-hybridized carbons (Fsp3) is 0.0667. The largest absolute Gasteiger partial charge is 0.409 e. The zero-order chi connectivity index (χ0) is 15.4. The quantitative estimate of drug-likeness (QED) is 0.345. The van der Waals surface area contributed by atoms with E-state index in [-0.39, 0.29) is 11.7 Å². The Morgan fingerprint density at radius 3 is 2.38 bits per heavy atom. The minimum atomic E-state index is -0.216. The summed E-state index contributed by atoms with van der Waals surface area (Å²) in [5.41, 5.74) is 8.23. The molecule has 108 valence electrons. The van der Waals surface area contributed by atoms with Crippen LogP contribution in [0, 0.1) is 6.92 Å². The van der Waals surface area contributed by atoms with Gasteiger partial charge in [-0.1, -0.05) is 33.2 Å². The Morgan fingerprint density at radius 1 is 1.19 bits per heavy atom. The minimum Gasteiger partial charge on any atom is -0.409 e. The molecule has 2 aromatic carbocycles. The van der Waals surface area contributed by atoms with E-state index in [0.29, 0.717) is 11.1 Å². The number of halogens is 1. The molecule has 0 spiro atoms. The van der Waals surface area contributed by atoms with Gasteiger partial charge in [0.1, 0.15) is 0 Å². The molecule has 0 aliphatic heterocycles. The van der Waals surface area contributed by atoms with E-state index in [0.717, 1.165) is 15.7 Å². The molecule has 5 nitrogen and oxygen atoms in total. The molecule has 0 bridgehead atoms. The van der Waals surface area contributed by atoms with Gasteiger partial charge in [-0.3, -0.25) is 4.79 Å². The van der Waals surface area contributed by atoms with Crippen molar-refractivity contribution >= 4 is 33.4 Å². The van der Waals surface area contributed by atoms with E-state index in [1.807, 2.05) is 25.1 Å². The van der Waals surface area contributed by atoms with Gasteiger partial charge in [0.25, 0.3) is 5.91 Å². The number of amidine groups is 1. The molecule has 2 rings (SSSR count). The topological polar surface area (TPSA) is 87.7 Å². The third-order valence-electron chi connectivity index (χ3n) is 2.99. The molecule has 6 heteroatoms. The number of nitrogens with one attached hydrogen (secondary N) is 1. The normalized spacial score (nSPS) is 11.2. The SMILES string of the molecule is Cc1cc(Br)ccc1NC(=O)c1ccc(/C(N)=N/O)cc1. The van der Waals surface area contributed by atoms with Crippen molar-refractivity contribution in [3.05, 3.63) is 63.6 Å². The number of amides is 1. The number of aryl methyl sites for hydroxylation is 1. The van der Waals surface area contributed by atoms with Gasteiger partial charge in [0, 0.05) is 21.3 Å². The Hall–Kier alpha value is -2.34. The standard InChI is InChI=1S/C15H14BrN3O2/c1-9-8-12(16)6-7-13(9)18-15(20)11-4-2-10(3-5-11)14(17)19-21/h2-8,21H,1H3,(H2,17,19)(H,18,20). The molecule has 1 amide bonds. The maximum Gasteiger partial charge on any atom is 0.255 e. The highest BCUT2D eigenvalue weighted by Gasteiger charge is 2.08. The van der Waals surface area contributed by atoms with Crippen molar-refractivity contribution in [1.29, 1.82) is 0 Å². The molecule has 0 aliphatic carbocycles. The summed E-state index contributed by atoms with van der Waals surface area (Å²) in [5.74, 6) is -0.211. The van der Waals surface area contributed by atoms with E-state index in [2.05, 4.69) is 26.4 Å². The summed E-state index contributed by atoms with van der Waals surface area (Å²) in [5, 5.41) is 14.4. The lowest BCUT2D eigenvalue weighted by Gasteiger charge is -2.09. The molecule has 0 saturated carbocycles. The van der Waals surface area contributed by atoms with Crippen LogP contribution in [-0.2, 0) is 0 Å². The monoisotopic (exact) mass is 347 g/mol. The summed E-state index contributed by atoms with van der Waals surface area (Å²) in [6.45, 7) is 1.92. The van der Waals surface area contributed by atoms with Crippen molar-refractivity contribution in [2.45, 2.75) is 6.92 Å². The molecule has 0 radical (unpaired) electrons. The van der Waals surface area contributed by atoms with Gasteiger partial charge >= 0.3 is 0 Å². The number of hydrogen-bond donors (Lipinski definition) is 3. The molecular weight excluding hydrogens is 334 g/mol. The van der Waals surface area contributed by atoms with Crippen molar-refractivity contribution in [2.75, 3.05) is 5.32 Å². The van der Waals surface area contributed by atoms with Gasteiger partial charge in [-0.2, -0.15) is 0 Å². The van der Waals surface area contributed by atoms with Gasteiger partial charge in [0.15, 0.2) is 5.84 Å². The van der Waals surface area contributed by atoms with Crippen molar-refractivity contribution in [3.8, 4) is 0 Å². The summed E-state index contributed by atoms with van der Waals surface area (Å²) in [7, 11) is 0. The van der Waals surface area contributed by atoms with Crippen molar-refractivity contribution < 1.29 is 10.0 Å². The number of nitrogens with zero attached hydrogens (tertiary/aromatic N) is 1. The first-order valence-corrected chi connectivity index (χ1v) is 6.96. The minimum absolute atomic E-state index is 0.00529. The summed E-state index contributed by atoms with van der Waals surface area (Å²) in [6.07, 6.45) is 0. The van der Waals surface area contributed by atoms with Crippen LogP contribution in [0.1, 0.15) is 21.5 Å². The Morgan fingerprint density at radius 2 is 1.81 bits per heavy atom. The number of oxime groups is 1. The van der Waals surface area contributed by atoms with Crippen LogP contribution in [0.2, 0.25) is 0 Å². The lowest BCUT2D eigenvalue weighted by Crippen LogP contribution is -2.15. The molecule has 4 N–H and O–H groups in total. The van der Waals surface area contributed by atoms with Gasteiger partial charge in [-0.15, -0.1) is 0 Å². The molecule has 0 saturated heterocycles. The van der Waals surface area contributed by atoms with Crippen LogP contribution in [0.15, 0.2) is 52.1 Å². The van der Waals surface area contributed by atoms with Gasteiger partial charge in [0.05, 0.1) is 0 Å². The smallest absolute Gasteiger partial charge is 0.255 e. The number of benzene rings is 2. The number of carbonyl (C=O) groups excluding carboxylic acids is 1. The Labute approximate surface area is 130 Å². The van der Waals surface area contributed by atoms with Crippen LogP contribution in [0.5, 0.6) is 0 Å². The van der Waals surface area contributed by atoms with Crippen LogP contribution in [0.4, 0.5) is 5.69 Å². The van der Waals surface area contributed by atoms with Crippen LogP contribution >= 0.6 is 15.9 Å². The summed E-state index contributed by atoms with van der Waals surface area (Å²) < 4.78 is 0.959. The van der Waals surface area contributed by atoms with E-state index in [9.17, 15) is 4.79 Å². The third kappa shape index (κ3) is 3.61. The fourth-order valence-electron chi connectivity index (χ4n) is 1.81. The second-order valence-corrected chi connectivity index (χ2v) is 5.39. The first kappa shape index (κ1) is 15.1. The first-order valence-electron chi connectivity index (χ1n) is 6.16. The molecule has 0 atom stereocenters. The average Bonchev–Trinajstić information content (AvgIpc) is 2.49. The Balaban J connectivity index is 2.17. The maximum atomic E-state index is 12.2. The fourth-order valence-corrected chi connectivity index (χ4v) is 2.29. The van der Waals surface area contributed by atoms with Crippen molar-refractivity contribution in [2.24, 2.45) is 10.9 Å². The zero-order valence-electron chi connectivity index (χ0n) is 11.3. The molecule has 0 heterocycles. The number of hydrogen-bond acceptors (Lipinski definition) is 3. The summed E-state index contributed by atoms with van der Waals surface area (Å²) in [6, 6.07) is 12.1. The summed E-state index contributed by atoms with van der Waals surface area (Å²) in [4.78, 5) is 12.2. The van der Waals surface area contributed by atoms with E-state index in [1.54, 1.807) is 24.3 Å². The molecule has 0 aliphatic rings.